The highest BCUT2D eigenvalue weighted by Crippen LogP contribution is 2.23. The van der Waals surface area contributed by atoms with Gasteiger partial charge in [0.2, 0.25) is 10.0 Å². The molecule has 1 fully saturated rings. The highest BCUT2D eigenvalue weighted by molar-refractivity contribution is 7.88. The van der Waals surface area contributed by atoms with E-state index < -0.39 is 10.0 Å². The van der Waals surface area contributed by atoms with Gasteiger partial charge in [0.15, 0.2) is 0 Å². The van der Waals surface area contributed by atoms with Gasteiger partial charge in [-0.15, -0.1) is 0 Å². The van der Waals surface area contributed by atoms with Gasteiger partial charge >= 0.3 is 0 Å². The summed E-state index contributed by atoms with van der Waals surface area (Å²) >= 11 is 0. The second kappa shape index (κ2) is 7.03. The maximum atomic E-state index is 12.1. The molecule has 0 unspecified atom stereocenters. The number of hydrogen-bond donors (Lipinski definition) is 2. The molecule has 0 aromatic heterocycles. The average molecular weight is 308 g/mol. The van der Waals surface area contributed by atoms with E-state index in [0.717, 1.165) is 25.7 Å². The first-order chi connectivity index (χ1) is 10.00. The number of aliphatic hydroxyl groups excluding tert-OH is 1. The second-order valence-electron chi connectivity index (χ2n) is 5.55. The minimum absolute atomic E-state index is 0.175. The number of benzene rings is 1. The molecule has 2 N–H and O–H groups in total. The van der Waals surface area contributed by atoms with E-state index in [0.29, 0.717) is 17.7 Å². The number of hydrogen-bond acceptors (Lipinski definition) is 4. The molecule has 0 heterocycles. The van der Waals surface area contributed by atoms with Gasteiger partial charge in [-0.25, -0.2) is 13.1 Å². The summed E-state index contributed by atoms with van der Waals surface area (Å²) in [4.78, 5) is 0. The highest BCUT2D eigenvalue weighted by atomic mass is 32.2. The van der Waals surface area contributed by atoms with Crippen LogP contribution in [-0.2, 0) is 15.8 Å². The Morgan fingerprint density at radius 1 is 1.24 bits per heavy atom. The molecule has 0 saturated heterocycles. The third-order valence-corrected chi connectivity index (χ3v) is 5.19. The van der Waals surface area contributed by atoms with Crippen LogP contribution in [0.3, 0.4) is 0 Å². The zero-order valence-electron chi connectivity index (χ0n) is 11.8. The molecule has 6 heteroatoms. The van der Waals surface area contributed by atoms with Crippen LogP contribution in [-0.4, -0.2) is 26.2 Å². The van der Waals surface area contributed by atoms with E-state index in [2.05, 4.69) is 4.72 Å². The van der Waals surface area contributed by atoms with Crippen LogP contribution < -0.4 is 4.72 Å². The number of sulfonamides is 1. The summed E-state index contributed by atoms with van der Waals surface area (Å²) in [6.45, 7) is 0.407. The van der Waals surface area contributed by atoms with Gasteiger partial charge in [-0.1, -0.05) is 18.2 Å². The molecular weight excluding hydrogens is 288 g/mol. The Labute approximate surface area is 125 Å². The Morgan fingerprint density at radius 2 is 1.90 bits per heavy atom. The summed E-state index contributed by atoms with van der Waals surface area (Å²) in [5.74, 6) is 0.112. The second-order valence-corrected chi connectivity index (χ2v) is 7.36. The van der Waals surface area contributed by atoms with Crippen LogP contribution in [0.4, 0.5) is 0 Å². The van der Waals surface area contributed by atoms with Gasteiger partial charge in [-0.2, -0.15) is 5.26 Å². The maximum Gasteiger partial charge on any atom is 0.215 e. The van der Waals surface area contributed by atoms with Gasteiger partial charge in [-0.05, 0) is 43.2 Å². The highest BCUT2D eigenvalue weighted by Gasteiger charge is 2.21. The van der Waals surface area contributed by atoms with Crippen LogP contribution in [0, 0.1) is 17.2 Å². The zero-order valence-corrected chi connectivity index (χ0v) is 12.6. The fraction of sp³-hybridized carbons (Fsp3) is 0.533. The first-order valence-electron chi connectivity index (χ1n) is 7.13. The summed E-state index contributed by atoms with van der Waals surface area (Å²) in [5.41, 5.74) is 0.912. The fourth-order valence-electron chi connectivity index (χ4n) is 2.60. The molecule has 0 bridgehead atoms. The monoisotopic (exact) mass is 308 g/mol. The van der Waals surface area contributed by atoms with E-state index in [-0.39, 0.29) is 17.8 Å². The molecule has 1 aromatic carbocycles. The van der Waals surface area contributed by atoms with Crippen molar-refractivity contribution >= 4 is 10.0 Å². The predicted molar refractivity (Wildman–Crippen MR) is 79.7 cm³/mol. The Hall–Kier alpha value is -1.42. The van der Waals surface area contributed by atoms with Crippen LogP contribution >= 0.6 is 0 Å². The molecule has 1 saturated carbocycles. The van der Waals surface area contributed by atoms with Crippen molar-refractivity contribution in [3.63, 3.8) is 0 Å². The first-order valence-corrected chi connectivity index (χ1v) is 8.79. The smallest absolute Gasteiger partial charge is 0.215 e. The Balaban J connectivity index is 1.92. The lowest BCUT2D eigenvalue weighted by Crippen LogP contribution is -2.33. The van der Waals surface area contributed by atoms with Crippen molar-refractivity contribution in [3.05, 3.63) is 35.4 Å². The minimum atomic E-state index is -3.44. The normalized spacial score (nSPS) is 22.7. The van der Waals surface area contributed by atoms with Gasteiger partial charge in [0.25, 0.3) is 0 Å². The first kappa shape index (κ1) is 16.0. The maximum absolute atomic E-state index is 12.1. The third kappa shape index (κ3) is 4.81. The van der Waals surface area contributed by atoms with Crippen molar-refractivity contribution in [1.82, 2.24) is 4.72 Å². The molecule has 1 aromatic rings. The molecule has 5 nitrogen and oxygen atoms in total. The number of nitrogens with one attached hydrogen (secondary N) is 1. The van der Waals surface area contributed by atoms with Crippen LogP contribution in [0.15, 0.2) is 24.3 Å². The van der Waals surface area contributed by atoms with E-state index in [1.54, 1.807) is 24.3 Å². The van der Waals surface area contributed by atoms with Crippen LogP contribution in [0.2, 0.25) is 0 Å². The van der Waals surface area contributed by atoms with Crippen molar-refractivity contribution in [3.8, 4) is 6.07 Å². The molecule has 2 rings (SSSR count). The minimum Gasteiger partial charge on any atom is -0.393 e. The van der Waals surface area contributed by atoms with Gasteiger partial charge in [0.05, 0.1) is 23.5 Å². The average Bonchev–Trinajstić information content (AvgIpc) is 2.47. The van der Waals surface area contributed by atoms with Crippen LogP contribution in [0.25, 0.3) is 0 Å². The number of aliphatic hydroxyl groups is 1. The molecule has 21 heavy (non-hydrogen) atoms. The summed E-state index contributed by atoms with van der Waals surface area (Å²) in [7, 11) is -3.44. The van der Waals surface area contributed by atoms with E-state index in [9.17, 15) is 13.5 Å². The van der Waals surface area contributed by atoms with E-state index >= 15 is 0 Å². The SMILES string of the molecule is N#Cc1ccccc1CS(=O)(=O)NCC1CCC(O)CC1. The van der Waals surface area contributed by atoms with Crippen molar-refractivity contribution in [2.75, 3.05) is 6.54 Å². The number of nitrogens with zero attached hydrogens (tertiary/aromatic N) is 1. The zero-order chi connectivity index (χ0) is 15.3. The molecule has 0 spiro atoms. The van der Waals surface area contributed by atoms with E-state index in [1.165, 1.54) is 0 Å². The Morgan fingerprint density at radius 3 is 2.57 bits per heavy atom. The van der Waals surface area contributed by atoms with Crippen molar-refractivity contribution in [1.29, 1.82) is 5.26 Å². The number of nitriles is 1. The van der Waals surface area contributed by atoms with Gasteiger partial charge in [0.1, 0.15) is 0 Å². The quantitative estimate of drug-likeness (QED) is 0.863. The lowest BCUT2D eigenvalue weighted by molar-refractivity contribution is 0.109. The summed E-state index contributed by atoms with van der Waals surface area (Å²) in [6, 6.07) is 8.74. The lowest BCUT2D eigenvalue weighted by Gasteiger charge is -2.25. The molecule has 1 aliphatic rings. The van der Waals surface area contributed by atoms with E-state index in [1.807, 2.05) is 6.07 Å². The molecular formula is C15H20N2O3S. The predicted octanol–water partition coefficient (Wildman–Crippen LogP) is 1.53. The Bertz CT molecular complexity index is 614. The molecule has 0 radical (unpaired) electrons. The molecule has 0 atom stereocenters. The summed E-state index contributed by atoms with van der Waals surface area (Å²) < 4.78 is 26.8. The van der Waals surface area contributed by atoms with Gasteiger partial charge in [-0.3, -0.25) is 0 Å². The molecule has 1 aliphatic carbocycles. The summed E-state index contributed by atoms with van der Waals surface area (Å²) in [5, 5.41) is 18.4. The summed E-state index contributed by atoms with van der Waals surface area (Å²) in [6.07, 6.45) is 2.94. The van der Waals surface area contributed by atoms with Crippen molar-refractivity contribution in [2.24, 2.45) is 5.92 Å². The van der Waals surface area contributed by atoms with Gasteiger partial charge < -0.3 is 5.11 Å². The standard InChI is InChI=1S/C15H20N2O3S/c16-9-13-3-1-2-4-14(13)11-21(19,20)17-10-12-5-7-15(18)8-6-12/h1-4,12,15,17-18H,5-8,10-11H2. The van der Waals surface area contributed by atoms with Crippen molar-refractivity contribution < 1.29 is 13.5 Å². The van der Waals surface area contributed by atoms with Gasteiger partial charge in [0, 0.05) is 6.54 Å². The fourth-order valence-corrected chi connectivity index (χ4v) is 3.86. The third-order valence-electron chi connectivity index (χ3n) is 3.89. The number of rotatable bonds is 5. The van der Waals surface area contributed by atoms with E-state index in [4.69, 9.17) is 5.26 Å². The molecule has 0 amide bonds. The largest absolute Gasteiger partial charge is 0.393 e. The topological polar surface area (TPSA) is 90.2 Å². The van der Waals surface area contributed by atoms with Crippen LogP contribution in [0.1, 0.15) is 36.8 Å². The molecule has 0 aliphatic heterocycles. The van der Waals surface area contributed by atoms with Crippen LogP contribution in [0.5, 0.6) is 0 Å². The lowest BCUT2D eigenvalue weighted by atomic mass is 9.88. The molecule has 114 valence electrons. The van der Waals surface area contributed by atoms with Crippen molar-refractivity contribution in [2.45, 2.75) is 37.5 Å². The Kier molecular flexibility index (Phi) is 5.34.